The van der Waals surface area contributed by atoms with E-state index in [2.05, 4.69) is 0 Å². The van der Waals surface area contributed by atoms with Crippen molar-refractivity contribution in [1.82, 2.24) is 0 Å². The van der Waals surface area contributed by atoms with Crippen molar-refractivity contribution in [3.63, 3.8) is 0 Å². The van der Waals surface area contributed by atoms with E-state index in [9.17, 15) is 4.39 Å². The molecule has 3 heteroatoms. The highest BCUT2D eigenvalue weighted by Crippen LogP contribution is 2.07. The van der Waals surface area contributed by atoms with E-state index in [1.54, 1.807) is 0 Å². The largest absolute Gasteiger partial charge is 0.370 e. The van der Waals surface area contributed by atoms with Gasteiger partial charge in [-0.2, -0.15) is 4.39 Å². The average molecular weight is 178 g/mol. The lowest BCUT2D eigenvalue weighted by Gasteiger charge is -2.27. The number of likely N-dealkylation sites (N-methyl/N-ethyl adjacent to an activating group) is 1. The Morgan fingerprint density at radius 1 is 1.25 bits per heavy atom. The van der Waals surface area contributed by atoms with Gasteiger partial charge in [0.1, 0.15) is 6.54 Å². The summed E-state index contributed by atoms with van der Waals surface area (Å²) in [5, 5.41) is 0. The molecule has 0 heterocycles. The maximum Gasteiger partial charge on any atom is 0.221 e. The van der Waals surface area contributed by atoms with E-state index in [4.69, 9.17) is 4.74 Å². The third kappa shape index (κ3) is 6.55. The van der Waals surface area contributed by atoms with Gasteiger partial charge in [-0.25, -0.2) is 0 Å². The van der Waals surface area contributed by atoms with Crippen molar-refractivity contribution in [2.75, 3.05) is 34.0 Å². The molecule has 0 aromatic heterocycles. The summed E-state index contributed by atoms with van der Waals surface area (Å²) in [6, 6.07) is 0. The fraction of sp³-hybridized carbons (Fsp3) is 1.00. The maximum absolute atomic E-state index is 12.3. The molecule has 74 valence electrons. The normalized spacial score (nSPS) is 13.5. The van der Waals surface area contributed by atoms with E-state index >= 15 is 0 Å². The first-order valence-electron chi connectivity index (χ1n) is 4.29. The molecule has 0 fully saturated rings. The van der Waals surface area contributed by atoms with Crippen LogP contribution in [0.3, 0.4) is 0 Å². The molecule has 0 unspecified atom stereocenters. The maximum atomic E-state index is 12.3. The lowest BCUT2D eigenvalue weighted by Crippen LogP contribution is -2.42. The van der Waals surface area contributed by atoms with Crippen molar-refractivity contribution < 1.29 is 13.6 Å². The molecule has 0 amide bonds. The van der Waals surface area contributed by atoms with Gasteiger partial charge in [-0.3, -0.25) is 0 Å². The zero-order valence-electron chi connectivity index (χ0n) is 8.85. The van der Waals surface area contributed by atoms with Crippen molar-refractivity contribution in [2.45, 2.75) is 26.4 Å². The summed E-state index contributed by atoms with van der Waals surface area (Å²) < 4.78 is 18.2. The molecule has 0 spiro atoms. The first kappa shape index (κ1) is 11.8. The number of halogens is 1. The Bertz CT molecular complexity index is 129. The van der Waals surface area contributed by atoms with E-state index in [1.165, 1.54) is 0 Å². The molecule has 0 aliphatic rings. The second kappa shape index (κ2) is 4.19. The highest BCUT2D eigenvalue weighted by molar-refractivity contribution is 4.57. The van der Waals surface area contributed by atoms with Crippen LogP contribution in [0.25, 0.3) is 0 Å². The Morgan fingerprint density at radius 2 is 1.75 bits per heavy atom. The van der Waals surface area contributed by atoms with Crippen molar-refractivity contribution in [3.05, 3.63) is 0 Å². The molecule has 12 heavy (non-hydrogen) atoms. The van der Waals surface area contributed by atoms with Gasteiger partial charge in [0.2, 0.25) is 6.80 Å². The molecule has 0 saturated carbocycles. The molecule has 0 aromatic rings. The van der Waals surface area contributed by atoms with E-state index in [-0.39, 0.29) is 12.4 Å². The van der Waals surface area contributed by atoms with Crippen molar-refractivity contribution >= 4 is 0 Å². The third-order valence-electron chi connectivity index (χ3n) is 1.56. The SMILES string of the molecule is CC(C)(C)OCC[N+](C)(C)CF. The van der Waals surface area contributed by atoms with Crippen molar-refractivity contribution in [3.8, 4) is 0 Å². The van der Waals surface area contributed by atoms with Crippen LogP contribution in [0.1, 0.15) is 20.8 Å². The summed E-state index contributed by atoms with van der Waals surface area (Å²) in [7, 11) is 3.71. The van der Waals surface area contributed by atoms with Crippen LogP contribution < -0.4 is 0 Å². The van der Waals surface area contributed by atoms with Crippen LogP contribution >= 0.6 is 0 Å². The van der Waals surface area contributed by atoms with E-state index in [0.29, 0.717) is 17.6 Å². The molecular weight excluding hydrogens is 157 g/mol. The topological polar surface area (TPSA) is 9.23 Å². The summed E-state index contributed by atoms with van der Waals surface area (Å²) >= 11 is 0. The molecular formula is C9H21FNO+. The van der Waals surface area contributed by atoms with Gasteiger partial charge in [0.15, 0.2) is 0 Å². The summed E-state index contributed by atoms with van der Waals surface area (Å²) in [4.78, 5) is 0. The van der Waals surface area contributed by atoms with Crippen LogP contribution in [0.5, 0.6) is 0 Å². The van der Waals surface area contributed by atoms with Crippen LogP contribution in [0.15, 0.2) is 0 Å². The van der Waals surface area contributed by atoms with Gasteiger partial charge in [0, 0.05) is 0 Å². The predicted octanol–water partition coefficient (Wildman–Crippen LogP) is 1.80. The highest BCUT2D eigenvalue weighted by atomic mass is 19.1. The Labute approximate surface area is 74.9 Å². The Hall–Kier alpha value is -0.150. The van der Waals surface area contributed by atoms with Crippen LogP contribution in [-0.4, -0.2) is 44.1 Å². The molecule has 0 saturated heterocycles. The fourth-order valence-corrected chi connectivity index (χ4v) is 0.659. The Kier molecular flexibility index (Phi) is 4.14. The number of rotatable bonds is 4. The molecule has 0 aliphatic heterocycles. The van der Waals surface area contributed by atoms with E-state index < -0.39 is 0 Å². The second-order valence-corrected chi connectivity index (χ2v) is 4.74. The monoisotopic (exact) mass is 178 g/mol. The van der Waals surface area contributed by atoms with Gasteiger partial charge >= 0.3 is 0 Å². The molecule has 0 aromatic carbocycles. The quantitative estimate of drug-likeness (QED) is 0.471. The summed E-state index contributed by atoms with van der Waals surface area (Å²) in [5.74, 6) is 0. The van der Waals surface area contributed by atoms with Gasteiger partial charge in [-0.1, -0.05) is 0 Å². The van der Waals surface area contributed by atoms with Crippen LogP contribution in [0, 0.1) is 0 Å². The van der Waals surface area contributed by atoms with E-state index in [1.807, 2.05) is 34.9 Å². The van der Waals surface area contributed by atoms with Crippen LogP contribution in [-0.2, 0) is 4.74 Å². The van der Waals surface area contributed by atoms with Crippen LogP contribution in [0.4, 0.5) is 4.39 Å². The average Bonchev–Trinajstić information content (AvgIpc) is 1.84. The van der Waals surface area contributed by atoms with Crippen molar-refractivity contribution in [2.24, 2.45) is 0 Å². The number of ether oxygens (including phenoxy) is 1. The minimum Gasteiger partial charge on any atom is -0.370 e. The van der Waals surface area contributed by atoms with Gasteiger partial charge in [-0.15, -0.1) is 0 Å². The fourth-order valence-electron chi connectivity index (χ4n) is 0.659. The minimum absolute atomic E-state index is 0.115. The molecule has 2 nitrogen and oxygen atoms in total. The first-order valence-corrected chi connectivity index (χ1v) is 4.29. The zero-order chi connectivity index (χ0) is 9.83. The third-order valence-corrected chi connectivity index (χ3v) is 1.56. The lowest BCUT2D eigenvalue weighted by molar-refractivity contribution is -0.903. The number of quaternary nitrogens is 1. The molecule has 0 N–H and O–H groups in total. The van der Waals surface area contributed by atoms with E-state index in [0.717, 1.165) is 0 Å². The summed E-state index contributed by atoms with van der Waals surface area (Å²) in [6.07, 6.45) is 0. The second-order valence-electron chi connectivity index (χ2n) is 4.74. The highest BCUT2D eigenvalue weighted by Gasteiger charge is 2.16. The van der Waals surface area contributed by atoms with Crippen molar-refractivity contribution in [1.29, 1.82) is 0 Å². The molecule has 0 bridgehead atoms. The number of hydrogen-bond acceptors (Lipinski definition) is 1. The predicted molar refractivity (Wildman–Crippen MR) is 48.7 cm³/mol. The molecule has 0 radical (unpaired) electrons. The molecule has 0 atom stereocenters. The Balaban J connectivity index is 3.57. The number of alkyl halides is 1. The molecule has 0 rings (SSSR count). The zero-order valence-corrected chi connectivity index (χ0v) is 8.85. The smallest absolute Gasteiger partial charge is 0.221 e. The number of hydrogen-bond donors (Lipinski definition) is 0. The molecule has 0 aliphatic carbocycles. The van der Waals surface area contributed by atoms with Gasteiger partial charge < -0.3 is 9.22 Å². The van der Waals surface area contributed by atoms with Gasteiger partial charge in [-0.05, 0) is 20.8 Å². The standard InChI is InChI=1S/C9H21FNO/c1-9(2,3)12-7-6-11(4,5)8-10/h6-8H2,1-5H3/q+1. The number of nitrogens with zero attached hydrogens (tertiary/aromatic N) is 1. The summed E-state index contributed by atoms with van der Waals surface area (Å²) in [6.45, 7) is 7.00. The van der Waals surface area contributed by atoms with Gasteiger partial charge in [0.05, 0.1) is 26.3 Å². The minimum atomic E-state index is -0.340. The summed E-state index contributed by atoms with van der Waals surface area (Å²) in [5.41, 5.74) is -0.115. The lowest BCUT2D eigenvalue weighted by atomic mass is 10.2. The van der Waals surface area contributed by atoms with Crippen LogP contribution in [0.2, 0.25) is 0 Å². The first-order chi connectivity index (χ1) is 5.27. The Morgan fingerprint density at radius 3 is 2.08 bits per heavy atom. The van der Waals surface area contributed by atoms with Gasteiger partial charge in [0.25, 0.3) is 0 Å².